The summed E-state index contributed by atoms with van der Waals surface area (Å²) in [5, 5.41) is 24.4. The zero-order chi connectivity index (χ0) is 26.3. The molecule has 4 aromatic heterocycles. The van der Waals surface area contributed by atoms with E-state index in [0.29, 0.717) is 24.5 Å². The van der Waals surface area contributed by atoms with Crippen molar-refractivity contribution in [1.82, 2.24) is 29.3 Å². The number of aliphatic hydroxyl groups is 1. The first-order valence-electron chi connectivity index (χ1n) is 13.0. The van der Waals surface area contributed by atoms with Crippen molar-refractivity contribution < 1.29 is 9.90 Å². The van der Waals surface area contributed by atoms with Gasteiger partial charge in [-0.2, -0.15) is 10.2 Å². The van der Waals surface area contributed by atoms with Crippen LogP contribution in [0, 0.1) is 6.92 Å². The van der Waals surface area contributed by atoms with Gasteiger partial charge in [0.1, 0.15) is 4.83 Å². The number of hydrogen-bond acceptors (Lipinski definition) is 8. The van der Waals surface area contributed by atoms with Crippen molar-refractivity contribution in [2.75, 3.05) is 30.3 Å². The van der Waals surface area contributed by atoms with Crippen LogP contribution in [0.3, 0.4) is 0 Å². The van der Waals surface area contributed by atoms with E-state index in [1.54, 1.807) is 34.6 Å². The van der Waals surface area contributed by atoms with Gasteiger partial charge in [-0.3, -0.25) is 19.4 Å². The fourth-order valence-corrected chi connectivity index (χ4v) is 6.63. The molecule has 1 amide bonds. The third-order valence-corrected chi connectivity index (χ3v) is 8.95. The molecule has 1 saturated carbocycles. The Labute approximate surface area is 225 Å². The van der Waals surface area contributed by atoms with Gasteiger partial charge in [-0.05, 0) is 51.6 Å². The van der Waals surface area contributed by atoms with E-state index in [1.165, 1.54) is 32.1 Å². The number of thiazole rings is 1. The maximum absolute atomic E-state index is 12.9. The number of nitrogens with one attached hydrogen (secondary N) is 2. The average Bonchev–Trinajstić information content (AvgIpc) is 3.63. The number of anilines is 2. The summed E-state index contributed by atoms with van der Waals surface area (Å²) >= 11 is 1.60. The minimum absolute atomic E-state index is 0.000346. The summed E-state index contributed by atoms with van der Waals surface area (Å²) < 4.78 is 3.55. The van der Waals surface area contributed by atoms with Crippen LogP contribution in [-0.2, 0) is 11.3 Å². The summed E-state index contributed by atoms with van der Waals surface area (Å²) in [5.74, 6) is 0.000346. The number of amides is 1. The van der Waals surface area contributed by atoms with E-state index in [1.807, 2.05) is 29.9 Å². The molecule has 0 aromatic carbocycles. The summed E-state index contributed by atoms with van der Waals surface area (Å²) in [5.41, 5.74) is 5.08. The summed E-state index contributed by atoms with van der Waals surface area (Å²) in [6.45, 7) is 8.12. The lowest BCUT2D eigenvalue weighted by Gasteiger charge is -2.45. The van der Waals surface area contributed by atoms with E-state index >= 15 is 0 Å². The number of rotatable bonds is 9. The van der Waals surface area contributed by atoms with Crippen LogP contribution in [0.4, 0.5) is 11.4 Å². The maximum atomic E-state index is 12.9. The topological polar surface area (TPSA) is 113 Å². The van der Waals surface area contributed by atoms with Crippen LogP contribution in [0.1, 0.15) is 43.4 Å². The van der Waals surface area contributed by atoms with Gasteiger partial charge in [0.25, 0.3) is 0 Å². The lowest BCUT2D eigenvalue weighted by Crippen LogP contribution is -2.51. The molecule has 1 aliphatic heterocycles. The highest BCUT2D eigenvalue weighted by Crippen LogP contribution is 2.45. The third-order valence-electron chi connectivity index (χ3n) is 7.78. The average molecular weight is 533 g/mol. The van der Waals surface area contributed by atoms with Crippen molar-refractivity contribution in [3.63, 3.8) is 0 Å². The van der Waals surface area contributed by atoms with E-state index in [4.69, 9.17) is 5.11 Å². The Bertz CT molecular complexity index is 1500. The molecule has 0 radical (unpaired) electrons. The number of aryl methyl sites for hydroxylation is 1. The van der Waals surface area contributed by atoms with Crippen LogP contribution in [0.2, 0.25) is 0 Å². The fourth-order valence-electron chi connectivity index (χ4n) is 5.57. The van der Waals surface area contributed by atoms with Gasteiger partial charge < -0.3 is 15.7 Å². The SMILES string of the molecule is C=C(Nc1cc(NC(=O)CN2CCCC23CCC3)cnc1C)c1cnn2cc(-c3cnn(CCO)c3)sc12. The van der Waals surface area contributed by atoms with Gasteiger partial charge in [0.2, 0.25) is 5.91 Å². The highest BCUT2D eigenvalue weighted by Gasteiger charge is 2.45. The van der Waals surface area contributed by atoms with Gasteiger partial charge in [0.15, 0.2) is 0 Å². The molecule has 2 aliphatic rings. The number of aliphatic hydroxyl groups excluding tert-OH is 1. The molecular weight excluding hydrogens is 500 g/mol. The monoisotopic (exact) mass is 532 g/mol. The van der Waals surface area contributed by atoms with Gasteiger partial charge in [0.05, 0.1) is 65.8 Å². The summed E-state index contributed by atoms with van der Waals surface area (Å²) in [6.07, 6.45) is 15.2. The number of fused-ring (bicyclic) bond motifs is 1. The first kappa shape index (κ1) is 24.8. The Hall–Kier alpha value is -3.54. The molecule has 198 valence electrons. The molecule has 1 spiro atoms. The van der Waals surface area contributed by atoms with Gasteiger partial charge >= 0.3 is 0 Å². The smallest absolute Gasteiger partial charge is 0.238 e. The molecule has 1 saturated heterocycles. The number of carbonyl (C=O) groups excluding carboxylic acids is 1. The Morgan fingerprint density at radius 2 is 2.00 bits per heavy atom. The van der Waals surface area contributed by atoms with Crippen molar-refractivity contribution in [3.8, 4) is 10.4 Å². The lowest BCUT2D eigenvalue weighted by molar-refractivity contribution is -0.119. The van der Waals surface area contributed by atoms with E-state index < -0.39 is 0 Å². The second-order valence-electron chi connectivity index (χ2n) is 10.2. The highest BCUT2D eigenvalue weighted by molar-refractivity contribution is 7.20. The molecule has 0 unspecified atom stereocenters. The van der Waals surface area contributed by atoms with Crippen LogP contribution in [0.15, 0.2) is 43.6 Å². The minimum atomic E-state index is 0.000346. The standard InChI is InChI=1S/C27H32N8O2S/c1-18(22-14-30-35-16-24(38-26(22)35)20-12-29-34(15-20)9-10-36)31-23-11-21(13-28-19(23)2)32-25(37)17-33-8-4-7-27(33)5-3-6-27/h11-16,31,36H,1,3-10,17H2,2H3,(H,32,37). The summed E-state index contributed by atoms with van der Waals surface area (Å²) in [7, 11) is 0. The largest absolute Gasteiger partial charge is 0.394 e. The van der Waals surface area contributed by atoms with Crippen molar-refractivity contribution in [1.29, 1.82) is 0 Å². The van der Waals surface area contributed by atoms with E-state index in [0.717, 1.165) is 38.8 Å². The van der Waals surface area contributed by atoms with Crippen molar-refractivity contribution in [2.45, 2.75) is 51.1 Å². The van der Waals surface area contributed by atoms with Crippen LogP contribution >= 0.6 is 11.3 Å². The van der Waals surface area contributed by atoms with Gasteiger partial charge in [-0.15, -0.1) is 11.3 Å². The molecule has 0 bridgehead atoms. The van der Waals surface area contributed by atoms with Crippen molar-refractivity contribution in [3.05, 3.63) is 54.9 Å². The minimum Gasteiger partial charge on any atom is -0.394 e. The Balaban J connectivity index is 1.15. The Morgan fingerprint density at radius 3 is 2.79 bits per heavy atom. The molecule has 4 aromatic rings. The molecule has 5 heterocycles. The molecule has 38 heavy (non-hydrogen) atoms. The predicted molar refractivity (Wildman–Crippen MR) is 149 cm³/mol. The number of carbonyl (C=O) groups is 1. The number of nitrogens with zero attached hydrogens (tertiary/aromatic N) is 6. The van der Waals surface area contributed by atoms with Crippen LogP contribution in [0.5, 0.6) is 0 Å². The first-order valence-corrected chi connectivity index (χ1v) is 13.8. The van der Waals surface area contributed by atoms with E-state index in [-0.39, 0.29) is 18.1 Å². The van der Waals surface area contributed by atoms with E-state index in [9.17, 15) is 4.79 Å². The molecule has 0 atom stereocenters. The quantitative estimate of drug-likeness (QED) is 0.299. The van der Waals surface area contributed by atoms with Gasteiger partial charge in [-0.1, -0.05) is 6.58 Å². The predicted octanol–water partition coefficient (Wildman–Crippen LogP) is 3.99. The zero-order valence-electron chi connectivity index (χ0n) is 21.5. The molecular formula is C27H32N8O2S. The van der Waals surface area contributed by atoms with Crippen LogP contribution < -0.4 is 10.6 Å². The molecule has 1 aliphatic carbocycles. The number of pyridine rings is 1. The molecule has 2 fully saturated rings. The number of hydrogen-bond donors (Lipinski definition) is 3. The normalized spacial score (nSPS) is 16.7. The van der Waals surface area contributed by atoms with Crippen molar-refractivity contribution in [2.24, 2.45) is 0 Å². The first-order chi connectivity index (χ1) is 18.4. The Morgan fingerprint density at radius 1 is 1.16 bits per heavy atom. The second-order valence-corrected chi connectivity index (χ2v) is 11.3. The Kier molecular flexibility index (Phi) is 6.50. The molecule has 11 heteroatoms. The zero-order valence-corrected chi connectivity index (χ0v) is 22.3. The van der Waals surface area contributed by atoms with Gasteiger partial charge in [-0.25, -0.2) is 4.52 Å². The third kappa shape index (κ3) is 4.61. The summed E-state index contributed by atoms with van der Waals surface area (Å²) in [6, 6.07) is 1.91. The van der Waals surface area contributed by atoms with Gasteiger partial charge in [0, 0.05) is 29.2 Å². The highest BCUT2D eigenvalue weighted by atomic mass is 32.1. The maximum Gasteiger partial charge on any atom is 0.238 e. The second kappa shape index (κ2) is 9.97. The molecule has 6 rings (SSSR count). The van der Waals surface area contributed by atoms with Crippen molar-refractivity contribution >= 4 is 39.1 Å². The van der Waals surface area contributed by atoms with Crippen LogP contribution in [0.25, 0.3) is 21.0 Å². The molecule has 10 nitrogen and oxygen atoms in total. The number of aromatic nitrogens is 5. The lowest BCUT2D eigenvalue weighted by atomic mass is 9.75. The number of likely N-dealkylation sites (tertiary alicyclic amines) is 1. The summed E-state index contributed by atoms with van der Waals surface area (Å²) in [4.78, 5) is 21.7. The van der Waals surface area contributed by atoms with Crippen LogP contribution in [-0.4, -0.2) is 65.5 Å². The van der Waals surface area contributed by atoms with E-state index in [2.05, 4.69) is 37.3 Å². The molecule has 3 N–H and O–H groups in total. The fraction of sp³-hybridized carbons (Fsp3) is 0.407.